The number of halogens is 1. The molecule has 1 aromatic heterocycles. The topological polar surface area (TPSA) is 34.1 Å². The molecule has 3 nitrogen and oxygen atoms in total. The van der Waals surface area contributed by atoms with Crippen molar-refractivity contribution < 1.29 is 4.74 Å². The summed E-state index contributed by atoms with van der Waals surface area (Å²) in [5.41, 5.74) is 0. The highest BCUT2D eigenvalue weighted by Gasteiger charge is 1.96. The van der Waals surface area contributed by atoms with E-state index in [1.54, 1.807) is 12.4 Å². The van der Waals surface area contributed by atoms with Crippen LogP contribution in [-0.2, 0) is 0 Å². The molecule has 1 N–H and O–H groups in total. The largest absolute Gasteiger partial charge is 0.492 e. The molecule has 1 aromatic rings. The van der Waals surface area contributed by atoms with Gasteiger partial charge in [0.25, 0.3) is 0 Å². The lowest BCUT2D eigenvalue weighted by atomic mass is 10.2. The Bertz CT molecular complexity index is 345. The lowest BCUT2D eigenvalue weighted by molar-refractivity contribution is 0.303. The molecule has 0 unspecified atom stereocenters. The third kappa shape index (κ3) is 9.00. The van der Waals surface area contributed by atoms with Crippen LogP contribution in [0.1, 0.15) is 39.5 Å². The highest BCUT2D eigenvalue weighted by atomic mass is 79.9. The van der Waals surface area contributed by atoms with Crippen LogP contribution in [0.2, 0.25) is 0 Å². The standard InChI is InChI=1S/C15H25BrN2O/c1-13(2)10-17-7-5-3-4-6-8-19-15-9-14(16)11-18-12-15/h9,11-13,17H,3-8,10H2,1-2H3. The van der Waals surface area contributed by atoms with Gasteiger partial charge in [0.1, 0.15) is 5.75 Å². The van der Waals surface area contributed by atoms with Crippen LogP contribution in [0, 0.1) is 5.92 Å². The summed E-state index contributed by atoms with van der Waals surface area (Å²) in [6, 6.07) is 1.95. The second-order valence-electron chi connectivity index (χ2n) is 5.20. The van der Waals surface area contributed by atoms with Crippen molar-refractivity contribution in [3.63, 3.8) is 0 Å². The Morgan fingerprint density at radius 2 is 2.00 bits per heavy atom. The first-order valence-electron chi connectivity index (χ1n) is 7.12. The predicted octanol–water partition coefficient (Wildman–Crippen LogP) is 4.03. The minimum absolute atomic E-state index is 0.743. The van der Waals surface area contributed by atoms with Crippen LogP contribution in [0.4, 0.5) is 0 Å². The zero-order valence-corrected chi connectivity index (χ0v) is 13.6. The molecule has 19 heavy (non-hydrogen) atoms. The summed E-state index contributed by atoms with van der Waals surface area (Å²) < 4.78 is 6.60. The van der Waals surface area contributed by atoms with E-state index in [1.807, 2.05) is 6.07 Å². The quantitative estimate of drug-likeness (QED) is 0.658. The van der Waals surface area contributed by atoms with E-state index in [1.165, 1.54) is 19.3 Å². The average Bonchev–Trinajstić information content (AvgIpc) is 2.36. The molecule has 1 heterocycles. The zero-order valence-electron chi connectivity index (χ0n) is 12.0. The van der Waals surface area contributed by atoms with E-state index < -0.39 is 0 Å². The van der Waals surface area contributed by atoms with Crippen molar-refractivity contribution in [2.24, 2.45) is 5.92 Å². The van der Waals surface area contributed by atoms with E-state index in [0.29, 0.717) is 0 Å². The van der Waals surface area contributed by atoms with Gasteiger partial charge in [-0.2, -0.15) is 0 Å². The summed E-state index contributed by atoms with van der Waals surface area (Å²) in [6.07, 6.45) is 8.37. The lowest BCUT2D eigenvalue weighted by Crippen LogP contribution is -2.20. The van der Waals surface area contributed by atoms with Crippen LogP contribution in [0.5, 0.6) is 5.75 Å². The van der Waals surface area contributed by atoms with Gasteiger partial charge in [-0.25, -0.2) is 0 Å². The Labute approximate surface area is 125 Å². The van der Waals surface area contributed by atoms with Crippen LogP contribution in [0.25, 0.3) is 0 Å². The van der Waals surface area contributed by atoms with Gasteiger partial charge in [-0.05, 0) is 53.8 Å². The first kappa shape index (κ1) is 16.4. The number of unbranched alkanes of at least 4 members (excludes halogenated alkanes) is 3. The number of pyridine rings is 1. The molecule has 0 saturated carbocycles. The van der Waals surface area contributed by atoms with Crippen molar-refractivity contribution in [1.82, 2.24) is 10.3 Å². The van der Waals surface area contributed by atoms with Gasteiger partial charge in [0.05, 0.1) is 12.8 Å². The van der Waals surface area contributed by atoms with Crippen molar-refractivity contribution in [3.05, 3.63) is 22.9 Å². The minimum atomic E-state index is 0.743. The second-order valence-corrected chi connectivity index (χ2v) is 6.12. The fourth-order valence-corrected chi connectivity index (χ4v) is 2.10. The maximum atomic E-state index is 5.64. The third-order valence-corrected chi connectivity index (χ3v) is 3.18. The second kappa shape index (κ2) is 10.2. The first-order chi connectivity index (χ1) is 9.18. The molecule has 0 amide bonds. The molecule has 0 aromatic carbocycles. The summed E-state index contributed by atoms with van der Waals surface area (Å²) in [6.45, 7) is 7.51. The van der Waals surface area contributed by atoms with E-state index in [9.17, 15) is 0 Å². The SMILES string of the molecule is CC(C)CNCCCCCCOc1cncc(Br)c1. The minimum Gasteiger partial charge on any atom is -0.492 e. The van der Waals surface area contributed by atoms with Crippen molar-refractivity contribution in [1.29, 1.82) is 0 Å². The summed E-state index contributed by atoms with van der Waals surface area (Å²) in [5.74, 6) is 1.58. The van der Waals surface area contributed by atoms with E-state index in [2.05, 4.69) is 40.1 Å². The third-order valence-electron chi connectivity index (χ3n) is 2.75. The smallest absolute Gasteiger partial charge is 0.138 e. The number of nitrogens with one attached hydrogen (secondary N) is 1. The van der Waals surface area contributed by atoms with Crippen LogP contribution < -0.4 is 10.1 Å². The molecule has 4 heteroatoms. The van der Waals surface area contributed by atoms with Crippen molar-refractivity contribution in [3.8, 4) is 5.75 Å². The molecule has 0 fully saturated rings. The van der Waals surface area contributed by atoms with Gasteiger partial charge in [0, 0.05) is 10.7 Å². The Morgan fingerprint density at radius 1 is 1.21 bits per heavy atom. The van der Waals surface area contributed by atoms with Gasteiger partial charge in [-0.15, -0.1) is 0 Å². The molecule has 0 spiro atoms. The summed E-state index contributed by atoms with van der Waals surface area (Å²) in [7, 11) is 0. The van der Waals surface area contributed by atoms with E-state index in [-0.39, 0.29) is 0 Å². The van der Waals surface area contributed by atoms with E-state index in [4.69, 9.17) is 4.74 Å². The van der Waals surface area contributed by atoms with Gasteiger partial charge in [-0.1, -0.05) is 26.7 Å². The molecular weight excluding hydrogens is 304 g/mol. The van der Waals surface area contributed by atoms with Crippen molar-refractivity contribution in [2.45, 2.75) is 39.5 Å². The van der Waals surface area contributed by atoms with Crippen molar-refractivity contribution >= 4 is 15.9 Å². The first-order valence-corrected chi connectivity index (χ1v) is 7.92. The molecule has 108 valence electrons. The zero-order chi connectivity index (χ0) is 13.9. The predicted molar refractivity (Wildman–Crippen MR) is 83.6 cm³/mol. The molecule has 0 aliphatic rings. The molecular formula is C15H25BrN2O. The molecule has 0 saturated heterocycles. The normalized spacial score (nSPS) is 10.9. The number of rotatable bonds is 10. The van der Waals surface area contributed by atoms with Crippen LogP contribution in [0.15, 0.2) is 22.9 Å². The fourth-order valence-electron chi connectivity index (χ4n) is 1.76. The number of aromatic nitrogens is 1. The van der Waals surface area contributed by atoms with Gasteiger partial charge in [-0.3, -0.25) is 4.98 Å². The number of nitrogens with zero attached hydrogens (tertiary/aromatic N) is 1. The highest BCUT2D eigenvalue weighted by Crippen LogP contribution is 2.16. The number of ether oxygens (including phenoxy) is 1. The van der Waals surface area contributed by atoms with Gasteiger partial charge in [0.2, 0.25) is 0 Å². The molecule has 0 radical (unpaired) electrons. The Kier molecular flexibility index (Phi) is 8.84. The molecule has 0 atom stereocenters. The van der Waals surface area contributed by atoms with Gasteiger partial charge >= 0.3 is 0 Å². The summed E-state index contributed by atoms with van der Waals surface area (Å²) in [4.78, 5) is 4.07. The van der Waals surface area contributed by atoms with Crippen LogP contribution in [-0.4, -0.2) is 24.7 Å². The highest BCUT2D eigenvalue weighted by molar-refractivity contribution is 9.10. The monoisotopic (exact) mass is 328 g/mol. The van der Waals surface area contributed by atoms with Crippen LogP contribution in [0.3, 0.4) is 0 Å². The van der Waals surface area contributed by atoms with Gasteiger partial charge < -0.3 is 10.1 Å². The van der Waals surface area contributed by atoms with Gasteiger partial charge in [0.15, 0.2) is 0 Å². The Balaban J connectivity index is 1.91. The average molecular weight is 329 g/mol. The molecule has 0 aliphatic heterocycles. The molecule has 1 rings (SSSR count). The summed E-state index contributed by atoms with van der Waals surface area (Å²) >= 11 is 3.38. The molecule has 0 bridgehead atoms. The Morgan fingerprint density at radius 3 is 2.74 bits per heavy atom. The maximum Gasteiger partial charge on any atom is 0.138 e. The van der Waals surface area contributed by atoms with E-state index in [0.717, 1.165) is 42.3 Å². The fraction of sp³-hybridized carbons (Fsp3) is 0.667. The maximum absolute atomic E-state index is 5.64. The van der Waals surface area contributed by atoms with Crippen molar-refractivity contribution in [2.75, 3.05) is 19.7 Å². The lowest BCUT2D eigenvalue weighted by Gasteiger charge is -2.07. The Hall–Kier alpha value is -0.610. The van der Waals surface area contributed by atoms with Crippen LogP contribution >= 0.6 is 15.9 Å². The molecule has 0 aliphatic carbocycles. The van der Waals surface area contributed by atoms with E-state index >= 15 is 0 Å². The number of hydrogen-bond acceptors (Lipinski definition) is 3. The number of hydrogen-bond donors (Lipinski definition) is 1. The summed E-state index contributed by atoms with van der Waals surface area (Å²) in [5, 5.41) is 3.46.